The number of rotatable bonds is 6. The number of carbonyl (C=O) groups excluding carboxylic acids is 2. The van der Waals surface area contributed by atoms with Gasteiger partial charge in [-0.2, -0.15) is 0 Å². The van der Waals surface area contributed by atoms with E-state index in [4.69, 9.17) is 0 Å². The number of carbonyl (C=O) groups is 2. The standard InChI is InChI=1S/C17H23FN2O3/c1-3-17(23,4-2)11-19-16(22)13-10-12(7-8-14(13)18)20-9-5-6-15(20)21/h7-8,10,23H,3-6,9,11H2,1-2H3,(H,19,22). The molecule has 1 aromatic rings. The molecule has 0 atom stereocenters. The summed E-state index contributed by atoms with van der Waals surface area (Å²) in [4.78, 5) is 25.6. The van der Waals surface area contributed by atoms with Crippen molar-refractivity contribution in [2.45, 2.75) is 45.1 Å². The molecule has 126 valence electrons. The van der Waals surface area contributed by atoms with Crippen LogP contribution < -0.4 is 10.2 Å². The van der Waals surface area contributed by atoms with Gasteiger partial charge in [0.2, 0.25) is 5.91 Å². The second-order valence-corrected chi connectivity index (χ2v) is 5.93. The fourth-order valence-corrected chi connectivity index (χ4v) is 2.62. The number of halogens is 1. The molecule has 1 heterocycles. The number of hydrogen-bond acceptors (Lipinski definition) is 3. The first-order valence-electron chi connectivity index (χ1n) is 8.00. The van der Waals surface area contributed by atoms with Crippen LogP contribution >= 0.6 is 0 Å². The van der Waals surface area contributed by atoms with Gasteiger partial charge in [0.1, 0.15) is 5.82 Å². The van der Waals surface area contributed by atoms with E-state index in [2.05, 4.69) is 5.32 Å². The number of hydrogen-bond donors (Lipinski definition) is 2. The summed E-state index contributed by atoms with van der Waals surface area (Å²) in [7, 11) is 0. The minimum atomic E-state index is -0.991. The Morgan fingerprint density at radius 1 is 1.39 bits per heavy atom. The minimum Gasteiger partial charge on any atom is -0.388 e. The maximum Gasteiger partial charge on any atom is 0.254 e. The Balaban J connectivity index is 2.15. The minimum absolute atomic E-state index is 0.0192. The lowest BCUT2D eigenvalue weighted by Crippen LogP contribution is -2.42. The Bertz CT molecular complexity index is 600. The second-order valence-electron chi connectivity index (χ2n) is 5.93. The molecule has 0 saturated carbocycles. The highest BCUT2D eigenvalue weighted by molar-refractivity contribution is 5.99. The predicted octanol–water partition coefficient (Wildman–Crippen LogP) is 2.23. The summed E-state index contributed by atoms with van der Waals surface area (Å²) in [6.07, 6.45) is 2.22. The molecule has 5 nitrogen and oxygen atoms in total. The van der Waals surface area contributed by atoms with Gasteiger partial charge in [-0.05, 0) is 37.5 Å². The Labute approximate surface area is 135 Å². The summed E-state index contributed by atoms with van der Waals surface area (Å²) in [6.45, 7) is 4.30. The maximum atomic E-state index is 14.0. The van der Waals surface area contributed by atoms with Crippen molar-refractivity contribution in [3.05, 3.63) is 29.6 Å². The fourth-order valence-electron chi connectivity index (χ4n) is 2.62. The normalized spacial score (nSPS) is 15.1. The van der Waals surface area contributed by atoms with Crippen LogP contribution in [-0.2, 0) is 4.79 Å². The van der Waals surface area contributed by atoms with Crippen LogP contribution in [0.15, 0.2) is 18.2 Å². The molecule has 1 aliphatic heterocycles. The van der Waals surface area contributed by atoms with Gasteiger partial charge in [0.05, 0.1) is 11.2 Å². The van der Waals surface area contributed by atoms with E-state index in [1.54, 1.807) is 4.90 Å². The zero-order valence-corrected chi connectivity index (χ0v) is 13.6. The molecule has 1 aliphatic rings. The maximum absolute atomic E-state index is 14.0. The van der Waals surface area contributed by atoms with Crippen LogP contribution in [0, 0.1) is 5.82 Å². The van der Waals surface area contributed by atoms with E-state index in [1.807, 2.05) is 13.8 Å². The van der Waals surface area contributed by atoms with Crippen LogP contribution in [0.3, 0.4) is 0 Å². The van der Waals surface area contributed by atoms with Crippen molar-refractivity contribution in [1.82, 2.24) is 5.32 Å². The van der Waals surface area contributed by atoms with Gasteiger partial charge in [0, 0.05) is 25.2 Å². The first-order chi connectivity index (χ1) is 10.9. The summed E-state index contributed by atoms with van der Waals surface area (Å²) in [6, 6.07) is 4.09. The average molecular weight is 322 g/mol. The first kappa shape index (κ1) is 17.4. The summed E-state index contributed by atoms with van der Waals surface area (Å²) in [5, 5.41) is 12.8. The van der Waals surface area contributed by atoms with Gasteiger partial charge < -0.3 is 15.3 Å². The van der Waals surface area contributed by atoms with Crippen molar-refractivity contribution < 1.29 is 19.1 Å². The molecule has 0 spiro atoms. The van der Waals surface area contributed by atoms with Crippen molar-refractivity contribution in [1.29, 1.82) is 0 Å². The molecular formula is C17H23FN2O3. The van der Waals surface area contributed by atoms with Crippen molar-refractivity contribution in [3.8, 4) is 0 Å². The molecule has 1 saturated heterocycles. The number of anilines is 1. The molecule has 0 aromatic heterocycles. The molecule has 1 aromatic carbocycles. The van der Waals surface area contributed by atoms with Crippen LogP contribution in [-0.4, -0.2) is 35.6 Å². The number of nitrogens with one attached hydrogen (secondary N) is 1. The highest BCUT2D eigenvalue weighted by Crippen LogP contribution is 2.24. The summed E-state index contributed by atoms with van der Waals surface area (Å²) in [5.74, 6) is -1.25. The quantitative estimate of drug-likeness (QED) is 0.844. The zero-order chi connectivity index (χ0) is 17.0. The van der Waals surface area contributed by atoms with Gasteiger partial charge in [-0.3, -0.25) is 9.59 Å². The molecule has 2 N–H and O–H groups in total. The van der Waals surface area contributed by atoms with E-state index in [-0.39, 0.29) is 18.0 Å². The van der Waals surface area contributed by atoms with Crippen LogP contribution in [0.2, 0.25) is 0 Å². The number of benzene rings is 1. The van der Waals surface area contributed by atoms with Crippen molar-refractivity contribution in [3.63, 3.8) is 0 Å². The molecule has 23 heavy (non-hydrogen) atoms. The lowest BCUT2D eigenvalue weighted by Gasteiger charge is -2.25. The largest absolute Gasteiger partial charge is 0.388 e. The monoisotopic (exact) mass is 322 g/mol. The molecule has 2 rings (SSSR count). The highest BCUT2D eigenvalue weighted by atomic mass is 19.1. The van der Waals surface area contributed by atoms with Gasteiger partial charge in [-0.1, -0.05) is 13.8 Å². The Hall–Kier alpha value is -1.95. The Morgan fingerprint density at radius 2 is 2.09 bits per heavy atom. The number of nitrogens with zero attached hydrogens (tertiary/aromatic N) is 1. The van der Waals surface area contributed by atoms with E-state index < -0.39 is 17.3 Å². The topological polar surface area (TPSA) is 69.6 Å². The van der Waals surface area contributed by atoms with Gasteiger partial charge in [0.25, 0.3) is 5.91 Å². The van der Waals surface area contributed by atoms with E-state index in [0.29, 0.717) is 31.5 Å². The molecule has 0 bridgehead atoms. The molecule has 2 amide bonds. The molecule has 0 aliphatic carbocycles. The first-order valence-corrected chi connectivity index (χ1v) is 8.00. The van der Waals surface area contributed by atoms with Gasteiger partial charge in [-0.25, -0.2) is 4.39 Å². The third-order valence-electron chi connectivity index (χ3n) is 4.47. The molecule has 0 unspecified atom stereocenters. The van der Waals surface area contributed by atoms with Crippen LogP contribution in [0.1, 0.15) is 49.9 Å². The van der Waals surface area contributed by atoms with Crippen LogP contribution in [0.4, 0.5) is 10.1 Å². The summed E-state index contributed by atoms with van der Waals surface area (Å²) >= 11 is 0. The summed E-state index contributed by atoms with van der Waals surface area (Å²) < 4.78 is 14.0. The van der Waals surface area contributed by atoms with Crippen LogP contribution in [0.5, 0.6) is 0 Å². The average Bonchev–Trinajstić information content (AvgIpc) is 2.99. The van der Waals surface area contributed by atoms with Gasteiger partial charge in [-0.15, -0.1) is 0 Å². The van der Waals surface area contributed by atoms with Crippen molar-refractivity contribution in [2.75, 3.05) is 18.0 Å². The molecule has 6 heteroatoms. The third kappa shape index (κ3) is 3.88. The number of aliphatic hydroxyl groups is 1. The van der Waals surface area contributed by atoms with E-state index in [1.165, 1.54) is 18.2 Å². The molecule has 0 radical (unpaired) electrons. The van der Waals surface area contributed by atoms with E-state index in [0.717, 1.165) is 6.42 Å². The van der Waals surface area contributed by atoms with Crippen molar-refractivity contribution >= 4 is 17.5 Å². The Kier molecular flexibility index (Phi) is 5.36. The van der Waals surface area contributed by atoms with E-state index >= 15 is 0 Å². The summed E-state index contributed by atoms with van der Waals surface area (Å²) in [5.41, 5.74) is -0.577. The SMILES string of the molecule is CCC(O)(CC)CNC(=O)c1cc(N2CCCC2=O)ccc1F. The number of amides is 2. The predicted molar refractivity (Wildman–Crippen MR) is 85.9 cm³/mol. The van der Waals surface area contributed by atoms with Crippen molar-refractivity contribution in [2.24, 2.45) is 0 Å². The lowest BCUT2D eigenvalue weighted by molar-refractivity contribution is -0.117. The smallest absolute Gasteiger partial charge is 0.254 e. The van der Waals surface area contributed by atoms with Gasteiger partial charge in [0.15, 0.2) is 0 Å². The van der Waals surface area contributed by atoms with Gasteiger partial charge >= 0.3 is 0 Å². The second kappa shape index (κ2) is 7.08. The molecule has 1 fully saturated rings. The zero-order valence-electron chi connectivity index (χ0n) is 13.6. The Morgan fingerprint density at radius 3 is 2.65 bits per heavy atom. The highest BCUT2D eigenvalue weighted by Gasteiger charge is 2.26. The van der Waals surface area contributed by atoms with E-state index in [9.17, 15) is 19.1 Å². The third-order valence-corrected chi connectivity index (χ3v) is 4.47. The molecular weight excluding hydrogens is 299 g/mol. The fraction of sp³-hybridized carbons (Fsp3) is 0.529. The lowest BCUT2D eigenvalue weighted by atomic mass is 9.97. The van der Waals surface area contributed by atoms with Crippen LogP contribution in [0.25, 0.3) is 0 Å².